The molecule has 0 radical (unpaired) electrons. The van der Waals surface area contributed by atoms with E-state index in [4.69, 9.17) is 22.1 Å². The number of alkyl halides is 1. The van der Waals surface area contributed by atoms with E-state index < -0.39 is 29.4 Å². The number of nitrogens with zero attached hydrogens (tertiary/aromatic N) is 2. The molecule has 10 heteroatoms. The van der Waals surface area contributed by atoms with Crippen molar-refractivity contribution in [2.75, 3.05) is 24.3 Å². The maximum absolute atomic E-state index is 14.8. The van der Waals surface area contributed by atoms with E-state index >= 15 is 0 Å². The van der Waals surface area contributed by atoms with E-state index in [0.717, 1.165) is 0 Å². The van der Waals surface area contributed by atoms with E-state index in [1.54, 1.807) is 6.07 Å². The third-order valence-electron chi connectivity index (χ3n) is 5.02. The highest BCUT2D eigenvalue weighted by molar-refractivity contribution is 8.13. The largest absolute Gasteiger partial charge is 0.379 e. The van der Waals surface area contributed by atoms with Gasteiger partial charge in [-0.05, 0) is 30.3 Å². The second kappa shape index (κ2) is 7.89. The Kier molecular flexibility index (Phi) is 5.46. The first-order valence-electron chi connectivity index (χ1n) is 8.82. The average Bonchev–Trinajstić information content (AvgIpc) is 2.69. The number of hydrogen-bond donors (Lipinski definition) is 2. The quantitative estimate of drug-likeness (QED) is 0.766. The molecule has 6 nitrogen and oxygen atoms in total. The lowest BCUT2D eigenvalue weighted by Gasteiger charge is -2.45. The van der Waals surface area contributed by atoms with Crippen LogP contribution in [0.3, 0.4) is 0 Å². The van der Waals surface area contributed by atoms with Crippen molar-refractivity contribution < 1.29 is 18.3 Å². The fraction of sp³-hybridized carbons (Fsp3) is 0.316. The van der Waals surface area contributed by atoms with Gasteiger partial charge in [0, 0.05) is 29.1 Å². The number of carbonyl (C=O) groups excluding carboxylic acids is 1. The van der Waals surface area contributed by atoms with Crippen molar-refractivity contribution in [3.63, 3.8) is 0 Å². The number of rotatable bonds is 3. The summed E-state index contributed by atoms with van der Waals surface area (Å²) in [7, 11) is 0. The number of nitrogens with two attached hydrogens (primary N) is 1. The monoisotopic (exact) mass is 438 g/mol. The van der Waals surface area contributed by atoms with Crippen LogP contribution in [0, 0.1) is 11.7 Å². The van der Waals surface area contributed by atoms with Crippen LogP contribution in [-0.4, -0.2) is 41.2 Å². The highest BCUT2D eigenvalue weighted by Gasteiger charge is 2.51. The number of hydrogen-bond acceptors (Lipinski definition) is 6. The number of thioether (sulfide) groups is 1. The number of pyridine rings is 1. The Labute approximate surface area is 174 Å². The van der Waals surface area contributed by atoms with Crippen molar-refractivity contribution in [1.29, 1.82) is 0 Å². The summed E-state index contributed by atoms with van der Waals surface area (Å²) < 4.78 is 34.8. The van der Waals surface area contributed by atoms with Gasteiger partial charge in [0.1, 0.15) is 23.2 Å². The Morgan fingerprint density at radius 3 is 2.97 bits per heavy atom. The first-order chi connectivity index (χ1) is 13.9. The lowest BCUT2D eigenvalue weighted by Crippen LogP contribution is -2.53. The predicted octanol–water partition coefficient (Wildman–Crippen LogP) is 3.37. The molecule has 0 saturated carbocycles. The summed E-state index contributed by atoms with van der Waals surface area (Å²) in [5, 5.41) is 3.32. The molecule has 2 aliphatic rings. The smallest absolute Gasteiger partial charge is 0.274 e. The van der Waals surface area contributed by atoms with Gasteiger partial charge in [0.15, 0.2) is 5.17 Å². The standard InChI is InChI=1S/C19H17ClF2N4O2S/c20-10-1-4-16(24-6-10)17(27)25-11-2-3-14(21)12(5-11)19-9-28-7-15(22)13(19)8-29-18(23)26-19/h1-6,13,15H,7-9H2,(H2,23,26)(H,25,27)/t13-,15-,19?/m1/s1. The van der Waals surface area contributed by atoms with Crippen molar-refractivity contribution in [2.45, 2.75) is 11.7 Å². The zero-order valence-corrected chi connectivity index (χ0v) is 16.6. The van der Waals surface area contributed by atoms with Gasteiger partial charge in [0.2, 0.25) is 0 Å². The number of benzene rings is 1. The Morgan fingerprint density at radius 1 is 1.38 bits per heavy atom. The van der Waals surface area contributed by atoms with Gasteiger partial charge < -0.3 is 15.8 Å². The Bertz CT molecular complexity index is 975. The fourth-order valence-corrected chi connectivity index (χ4v) is 4.76. The van der Waals surface area contributed by atoms with Crippen molar-refractivity contribution in [2.24, 2.45) is 16.6 Å². The van der Waals surface area contributed by atoms with Gasteiger partial charge in [-0.25, -0.2) is 18.8 Å². The van der Waals surface area contributed by atoms with E-state index in [-0.39, 0.29) is 29.6 Å². The summed E-state index contributed by atoms with van der Waals surface area (Å²) >= 11 is 7.03. The number of amides is 1. The van der Waals surface area contributed by atoms with Crippen LogP contribution in [0.5, 0.6) is 0 Å². The summed E-state index contributed by atoms with van der Waals surface area (Å²) in [5.74, 6) is -1.28. The fourth-order valence-electron chi connectivity index (χ4n) is 3.59. The summed E-state index contributed by atoms with van der Waals surface area (Å²) in [6.07, 6.45) is 0.0534. The predicted molar refractivity (Wildman–Crippen MR) is 109 cm³/mol. The number of aromatic nitrogens is 1. The molecule has 1 amide bonds. The van der Waals surface area contributed by atoms with Crippen LogP contribution in [0.15, 0.2) is 41.5 Å². The number of aliphatic imine (C=N–C) groups is 1. The van der Waals surface area contributed by atoms with Crippen LogP contribution < -0.4 is 11.1 Å². The minimum absolute atomic E-state index is 0.00636. The number of carbonyl (C=O) groups is 1. The Hall–Kier alpha value is -2.23. The number of nitrogens with one attached hydrogen (secondary N) is 1. The number of halogens is 3. The third-order valence-corrected chi connectivity index (χ3v) is 6.16. The molecule has 1 fully saturated rings. The molecule has 152 valence electrons. The second-order valence-corrected chi connectivity index (χ2v) is 8.31. The van der Waals surface area contributed by atoms with Crippen LogP contribution in [-0.2, 0) is 10.3 Å². The first kappa shape index (κ1) is 20.1. The van der Waals surface area contributed by atoms with Crippen molar-refractivity contribution in [3.05, 3.63) is 58.6 Å². The molecule has 0 bridgehead atoms. The minimum Gasteiger partial charge on any atom is -0.379 e. The van der Waals surface area contributed by atoms with Gasteiger partial charge in [-0.3, -0.25) is 4.79 Å². The molecule has 1 unspecified atom stereocenters. The van der Waals surface area contributed by atoms with E-state index in [0.29, 0.717) is 16.5 Å². The molecule has 3 heterocycles. The third kappa shape index (κ3) is 3.82. The van der Waals surface area contributed by atoms with Gasteiger partial charge in [-0.1, -0.05) is 23.4 Å². The molecule has 4 rings (SSSR count). The van der Waals surface area contributed by atoms with E-state index in [9.17, 15) is 13.6 Å². The molecule has 1 aromatic carbocycles. The highest BCUT2D eigenvalue weighted by atomic mass is 35.5. The van der Waals surface area contributed by atoms with Gasteiger partial charge in [-0.2, -0.15) is 0 Å². The molecular formula is C19H17ClF2N4O2S. The van der Waals surface area contributed by atoms with Gasteiger partial charge in [0.05, 0.1) is 18.2 Å². The molecule has 1 aromatic heterocycles. The summed E-state index contributed by atoms with van der Waals surface area (Å²) in [6, 6.07) is 7.09. The van der Waals surface area contributed by atoms with Crippen molar-refractivity contribution in [3.8, 4) is 0 Å². The SMILES string of the molecule is NC1=NC2(c3cc(NC(=O)c4ccc(Cl)cn4)ccc3F)COC[C@@H](F)[C@H]2CS1. The highest BCUT2D eigenvalue weighted by Crippen LogP contribution is 2.46. The topological polar surface area (TPSA) is 89.6 Å². The molecule has 0 spiro atoms. The lowest BCUT2D eigenvalue weighted by atomic mass is 9.75. The van der Waals surface area contributed by atoms with Crippen molar-refractivity contribution >= 4 is 40.1 Å². The summed E-state index contributed by atoms with van der Waals surface area (Å²) in [4.78, 5) is 20.8. The molecule has 2 aromatic rings. The average molecular weight is 439 g/mol. The van der Waals surface area contributed by atoms with E-state index in [1.807, 2.05) is 0 Å². The van der Waals surface area contributed by atoms with Gasteiger partial charge >= 0.3 is 0 Å². The summed E-state index contributed by atoms with van der Waals surface area (Å²) in [5.41, 5.74) is 5.22. The van der Waals surface area contributed by atoms with Crippen LogP contribution >= 0.6 is 23.4 Å². The van der Waals surface area contributed by atoms with E-state index in [2.05, 4.69) is 15.3 Å². The van der Waals surface area contributed by atoms with Crippen molar-refractivity contribution in [1.82, 2.24) is 4.98 Å². The van der Waals surface area contributed by atoms with Gasteiger partial charge in [-0.15, -0.1) is 0 Å². The summed E-state index contributed by atoms with van der Waals surface area (Å²) in [6.45, 7) is -0.0604. The number of ether oxygens (including phenoxy) is 1. The number of anilines is 1. The molecule has 3 N–H and O–H groups in total. The maximum atomic E-state index is 14.8. The van der Waals surface area contributed by atoms with Crippen LogP contribution in [0.25, 0.3) is 0 Å². The zero-order chi connectivity index (χ0) is 20.6. The maximum Gasteiger partial charge on any atom is 0.274 e. The zero-order valence-electron chi connectivity index (χ0n) is 15.1. The Balaban J connectivity index is 1.70. The lowest BCUT2D eigenvalue weighted by molar-refractivity contribution is -0.0526. The molecule has 0 aliphatic carbocycles. The number of amidine groups is 1. The first-order valence-corrected chi connectivity index (χ1v) is 10.2. The van der Waals surface area contributed by atoms with Crippen LogP contribution in [0.4, 0.5) is 14.5 Å². The second-order valence-electron chi connectivity index (χ2n) is 6.83. The Morgan fingerprint density at radius 2 is 2.21 bits per heavy atom. The number of fused-ring (bicyclic) bond motifs is 1. The molecule has 2 aliphatic heterocycles. The molecular weight excluding hydrogens is 422 g/mol. The van der Waals surface area contributed by atoms with Gasteiger partial charge in [0.25, 0.3) is 5.91 Å². The van der Waals surface area contributed by atoms with Crippen LogP contribution in [0.1, 0.15) is 16.1 Å². The normalized spacial score (nSPS) is 26.4. The molecule has 3 atom stereocenters. The van der Waals surface area contributed by atoms with E-state index in [1.165, 1.54) is 42.2 Å². The molecule has 29 heavy (non-hydrogen) atoms. The molecule has 1 saturated heterocycles. The minimum atomic E-state index is -1.30. The van der Waals surface area contributed by atoms with Crippen LogP contribution in [0.2, 0.25) is 5.02 Å².